The molecule has 2 saturated heterocycles. The number of hydrogen-bond donors (Lipinski definition) is 7. The van der Waals surface area contributed by atoms with Crippen molar-refractivity contribution in [2.75, 3.05) is 27.2 Å². The Morgan fingerprint density at radius 3 is 1.45 bits per heavy atom. The van der Waals surface area contributed by atoms with Crippen LogP contribution in [0.5, 0.6) is 0 Å². The van der Waals surface area contributed by atoms with Crippen molar-refractivity contribution in [1.82, 2.24) is 47.0 Å². The van der Waals surface area contributed by atoms with Crippen LogP contribution in [0.4, 0.5) is 0 Å². The number of halogens is 2. The number of amides is 7. The molecule has 2 aliphatic heterocycles. The molecule has 2 aromatic carbocycles. The number of nitrogens with one attached hydrogen (secondary N) is 7. The van der Waals surface area contributed by atoms with Gasteiger partial charge in [0.1, 0.15) is 30.0 Å². The summed E-state index contributed by atoms with van der Waals surface area (Å²) in [4.78, 5) is 114. The Bertz CT molecular complexity index is 2280. The maximum absolute atomic E-state index is 14.5. The Balaban J connectivity index is 0.00000689. The highest BCUT2D eigenvalue weighted by atomic mass is 35.5. The number of likely N-dealkylation sites (tertiary alicyclic amines) is 2. The molecule has 446 valence electrons. The summed E-state index contributed by atoms with van der Waals surface area (Å²) in [7, 11) is 3.36. The van der Waals surface area contributed by atoms with Crippen LogP contribution in [0.1, 0.15) is 186 Å². The third-order valence-corrected chi connectivity index (χ3v) is 16.7. The lowest BCUT2D eigenvalue weighted by Gasteiger charge is -2.36. The zero-order valence-corrected chi connectivity index (χ0v) is 50.9. The van der Waals surface area contributed by atoms with E-state index in [-0.39, 0.29) is 116 Å². The summed E-state index contributed by atoms with van der Waals surface area (Å²) in [5.74, 6) is -2.07. The van der Waals surface area contributed by atoms with Gasteiger partial charge in [0.25, 0.3) is 0 Å². The van der Waals surface area contributed by atoms with Crippen LogP contribution in [0.3, 0.4) is 0 Å². The second-order valence-electron chi connectivity index (χ2n) is 24.9. The maximum atomic E-state index is 14.5. The van der Waals surface area contributed by atoms with E-state index in [0.717, 1.165) is 75.3 Å². The largest absolute Gasteiger partial charge is 0.351 e. The average molecular weight is 1150 g/mol. The molecule has 2 aromatic rings. The van der Waals surface area contributed by atoms with Gasteiger partial charge >= 0.3 is 0 Å². The highest BCUT2D eigenvalue weighted by Crippen LogP contribution is 2.35. The minimum atomic E-state index is -0.908. The highest BCUT2D eigenvalue weighted by Gasteiger charge is 2.48. The zero-order valence-electron chi connectivity index (χ0n) is 49.3. The van der Waals surface area contributed by atoms with Gasteiger partial charge < -0.3 is 47.0 Å². The second-order valence-corrected chi connectivity index (χ2v) is 24.9. The van der Waals surface area contributed by atoms with Gasteiger partial charge in [-0.2, -0.15) is 0 Å². The topological polar surface area (TPSA) is 227 Å². The third-order valence-electron chi connectivity index (χ3n) is 16.7. The van der Waals surface area contributed by atoms with Crippen LogP contribution < -0.4 is 37.2 Å². The number of hydrogen-bond acceptors (Lipinski definition) is 10. The fraction of sp³-hybridized carbons (Fsp3) is 0.672. The second kappa shape index (κ2) is 30.8. The van der Waals surface area contributed by atoms with E-state index in [0.29, 0.717) is 32.1 Å². The summed E-state index contributed by atoms with van der Waals surface area (Å²) in [5, 5.41) is 21.4. The minimum Gasteiger partial charge on any atom is -0.351 e. The smallest absolute Gasteiger partial charge is 0.246 e. The lowest BCUT2D eigenvalue weighted by molar-refractivity contribution is -0.144. The Morgan fingerprint density at radius 1 is 0.562 bits per heavy atom. The van der Waals surface area contributed by atoms with Gasteiger partial charge in [0.2, 0.25) is 41.4 Å². The molecular weight excluding hydrogens is 1060 g/mol. The summed E-state index contributed by atoms with van der Waals surface area (Å²) in [6.45, 7) is 15.2. The van der Waals surface area contributed by atoms with Crippen molar-refractivity contribution in [2.24, 2.45) is 16.7 Å². The van der Waals surface area contributed by atoms with Crippen molar-refractivity contribution in [2.45, 2.75) is 219 Å². The SMILES string of the molecule is CN[C@@H](C)C(=O)N[C@H](C(=O)N1C[C@@H](CC(=O)CCCCCCCCC(=O)N[C@H]2C[C@@H](C(=O)N[C@@H]3CCCc4ccccc43)N(C(=O)[C@@H](NC(=O)[C@H](C)NC)C(C)(C)C)C2)C[C@H]1C(=O)N[C@@H]1CCCc2ccccc21)C(C)(C)C.Cl.Cl. The molecule has 0 aromatic heterocycles. The standard InChI is InChI=1S/C61H93N9O8.2ClH/c1-38(62-9)54(73)67-52(60(3,4)5)58(77)69-36-40(34-49(69)56(75)65-47-30-21-25-41-23-17-19-28-45(41)47)33-44(71)27-15-13-11-12-14-16-32-51(72)64-43-35-50(57(76)66-48-31-22-26-42-24-18-20-29-46(42)48)70(37-43)59(78)53(61(6,7)8)68-55(74)39(2)63-10;;/h17-20,23-24,28-29,38-40,43,47-50,52-53,62-63H,11-16,21-22,25-27,30-37H2,1-10H3,(H,64,72)(H,65,75)(H,66,76)(H,67,73)(H,68,74);2*1H/t38-,39-,40-,43-,47+,48+,49-,50-,52+,53+;;/m0../s1. The molecule has 19 heteroatoms. The van der Waals surface area contributed by atoms with Gasteiger partial charge in [0.15, 0.2) is 0 Å². The van der Waals surface area contributed by atoms with Crippen LogP contribution in [0.25, 0.3) is 0 Å². The van der Waals surface area contributed by atoms with E-state index in [2.05, 4.69) is 55.4 Å². The number of Topliss-reactive ketones (excluding diaryl/α,β-unsaturated/α-hetero) is 1. The van der Waals surface area contributed by atoms with Crippen LogP contribution in [0, 0.1) is 16.7 Å². The first-order chi connectivity index (χ1) is 37.0. The number of carbonyl (C=O) groups is 8. The summed E-state index contributed by atoms with van der Waals surface area (Å²) in [5.41, 5.74) is 3.29. The Labute approximate surface area is 488 Å². The van der Waals surface area contributed by atoms with Crippen molar-refractivity contribution in [3.05, 3.63) is 70.8 Å². The molecule has 0 bridgehead atoms. The number of unbranched alkanes of at least 4 members (excludes halogenated alkanes) is 5. The molecule has 6 rings (SSSR count). The predicted molar refractivity (Wildman–Crippen MR) is 317 cm³/mol. The summed E-state index contributed by atoms with van der Waals surface area (Å²) in [6, 6.07) is 11.0. The summed E-state index contributed by atoms with van der Waals surface area (Å²) in [6.07, 6.45) is 11.8. The summed E-state index contributed by atoms with van der Waals surface area (Å²) >= 11 is 0. The number of nitrogens with zero attached hydrogens (tertiary/aromatic N) is 2. The van der Waals surface area contributed by atoms with E-state index in [1.165, 1.54) is 11.1 Å². The van der Waals surface area contributed by atoms with Crippen LogP contribution in [0.2, 0.25) is 0 Å². The number of likely N-dealkylation sites (N-methyl/N-ethyl adjacent to an activating group) is 2. The number of benzene rings is 2. The van der Waals surface area contributed by atoms with Gasteiger partial charge in [-0.15, -0.1) is 24.8 Å². The lowest BCUT2D eigenvalue weighted by atomic mass is 9.85. The maximum Gasteiger partial charge on any atom is 0.246 e. The Kier molecular flexibility index (Phi) is 26.0. The van der Waals surface area contributed by atoms with Crippen LogP contribution in [0.15, 0.2) is 48.5 Å². The van der Waals surface area contributed by atoms with Gasteiger partial charge in [0, 0.05) is 38.4 Å². The molecule has 10 atom stereocenters. The molecule has 2 fully saturated rings. The van der Waals surface area contributed by atoms with Crippen molar-refractivity contribution in [3.63, 3.8) is 0 Å². The van der Waals surface area contributed by atoms with E-state index in [1.54, 1.807) is 37.7 Å². The van der Waals surface area contributed by atoms with Gasteiger partial charge in [-0.05, 0) is 131 Å². The molecule has 0 saturated carbocycles. The third kappa shape index (κ3) is 18.2. The van der Waals surface area contributed by atoms with Crippen LogP contribution in [-0.2, 0) is 51.2 Å². The van der Waals surface area contributed by atoms with Gasteiger partial charge in [-0.3, -0.25) is 38.4 Å². The van der Waals surface area contributed by atoms with Crippen LogP contribution >= 0.6 is 24.8 Å². The molecule has 0 spiro atoms. The van der Waals surface area contributed by atoms with Gasteiger partial charge in [-0.25, -0.2) is 0 Å². The number of ketones is 1. The molecular formula is C61H95Cl2N9O8. The van der Waals surface area contributed by atoms with E-state index in [1.807, 2.05) is 71.9 Å². The molecule has 80 heavy (non-hydrogen) atoms. The first-order valence-electron chi connectivity index (χ1n) is 29.1. The number of rotatable bonds is 24. The molecule has 7 N–H and O–H groups in total. The van der Waals surface area contributed by atoms with Crippen molar-refractivity contribution in [3.8, 4) is 0 Å². The van der Waals surface area contributed by atoms with E-state index >= 15 is 0 Å². The van der Waals surface area contributed by atoms with Crippen molar-refractivity contribution < 1.29 is 38.4 Å². The molecule has 2 aliphatic carbocycles. The first kappa shape index (κ1) is 67.4. The van der Waals surface area contributed by atoms with Gasteiger partial charge in [0.05, 0.1) is 24.2 Å². The molecule has 0 unspecified atom stereocenters. The Morgan fingerprint density at radius 2 is 0.988 bits per heavy atom. The lowest BCUT2D eigenvalue weighted by Crippen LogP contribution is -2.59. The molecule has 4 aliphatic rings. The molecule has 2 heterocycles. The van der Waals surface area contributed by atoms with E-state index in [9.17, 15) is 38.4 Å². The average Bonchev–Trinajstić information content (AvgIpc) is 4.03. The normalized spacial score (nSPS) is 22.1. The van der Waals surface area contributed by atoms with Crippen molar-refractivity contribution in [1.29, 1.82) is 0 Å². The van der Waals surface area contributed by atoms with E-state index in [4.69, 9.17) is 0 Å². The summed E-state index contributed by atoms with van der Waals surface area (Å²) < 4.78 is 0. The fourth-order valence-electron chi connectivity index (χ4n) is 11.8. The Hall–Kier alpha value is -5.10. The molecule has 7 amide bonds. The number of fused-ring (bicyclic) bond motifs is 2. The van der Waals surface area contributed by atoms with Gasteiger partial charge in [-0.1, -0.05) is 116 Å². The monoisotopic (exact) mass is 1150 g/mol. The quantitative estimate of drug-likeness (QED) is 0.0540. The molecule has 17 nitrogen and oxygen atoms in total. The number of carbonyl (C=O) groups excluding carboxylic acids is 8. The van der Waals surface area contributed by atoms with E-state index < -0.39 is 53.1 Å². The zero-order chi connectivity index (χ0) is 56.9. The minimum absolute atomic E-state index is 0. The number of aryl methyl sites for hydroxylation is 2. The predicted octanol–water partition coefficient (Wildman–Crippen LogP) is 6.88. The van der Waals surface area contributed by atoms with Crippen LogP contribution in [-0.4, -0.2) is 126 Å². The fourth-order valence-corrected chi connectivity index (χ4v) is 11.8. The molecule has 0 radical (unpaired) electrons. The highest BCUT2D eigenvalue weighted by molar-refractivity contribution is 5.95. The first-order valence-corrected chi connectivity index (χ1v) is 29.1. The van der Waals surface area contributed by atoms with Crippen molar-refractivity contribution >= 4 is 71.9 Å².